The molecule has 3 aromatic carbocycles. The number of nitrogens with zero attached hydrogens (tertiary/aromatic N) is 4. The maximum Gasteiger partial charge on any atom is 0.275 e. The molecule has 12 nitrogen and oxygen atoms in total. The number of benzene rings is 3. The van der Waals surface area contributed by atoms with Gasteiger partial charge in [-0.15, -0.1) is 0 Å². The lowest BCUT2D eigenvalue weighted by Gasteiger charge is -2.26. The van der Waals surface area contributed by atoms with Gasteiger partial charge >= 0.3 is 0 Å². The van der Waals surface area contributed by atoms with E-state index in [0.717, 1.165) is 42.3 Å². The summed E-state index contributed by atoms with van der Waals surface area (Å²) in [6.45, 7) is 9.84. The standard InChI is InChI=1S/C41H45Br2ClN6O6S/c1-5-8-15-49(16-9-6-2)41(54)37-36(44)24(4)50(46-37)35-14-13-25(17-32(35)39(52)29-12-10-11-26-21-45-27(23-51)18-30(26)29)40(53)47-57(55,56)28-19-31-34(43)22-48(7-3)38(31)33(42)20-28/h10-14,17,19-20,22,27,45,51H,5-9,15-16,18,21,23H2,1-4H3,(H,47,53). The minimum absolute atomic E-state index is 0.0385. The number of fused-ring (bicyclic) bond motifs is 2. The summed E-state index contributed by atoms with van der Waals surface area (Å²) in [4.78, 5) is 44.2. The molecule has 0 bridgehead atoms. The van der Waals surface area contributed by atoms with Crippen molar-refractivity contribution >= 4 is 82.0 Å². The zero-order chi connectivity index (χ0) is 41.2. The quantitative estimate of drug-likeness (QED) is 0.0902. The van der Waals surface area contributed by atoms with E-state index in [2.05, 4.69) is 60.8 Å². The molecule has 57 heavy (non-hydrogen) atoms. The summed E-state index contributed by atoms with van der Waals surface area (Å²) in [5.41, 5.74) is 3.44. The molecule has 0 radical (unpaired) electrons. The minimum atomic E-state index is -4.40. The number of sulfonamides is 1. The number of nitrogens with one attached hydrogen (secondary N) is 2. The number of carbonyl (C=O) groups excluding carboxylic acids is 3. The lowest BCUT2D eigenvalue weighted by atomic mass is 9.87. The molecule has 0 aliphatic carbocycles. The number of hydrogen-bond donors (Lipinski definition) is 3. The van der Waals surface area contributed by atoms with Crippen LogP contribution in [0.15, 0.2) is 68.6 Å². The highest BCUT2D eigenvalue weighted by Gasteiger charge is 2.30. The van der Waals surface area contributed by atoms with Crippen molar-refractivity contribution < 1.29 is 27.9 Å². The van der Waals surface area contributed by atoms with E-state index in [-0.39, 0.29) is 51.0 Å². The van der Waals surface area contributed by atoms with Crippen molar-refractivity contribution in [3.8, 4) is 5.69 Å². The number of rotatable bonds is 15. The second-order valence-corrected chi connectivity index (χ2v) is 17.9. The molecular formula is C41H45Br2ClN6O6S. The smallest absolute Gasteiger partial charge is 0.275 e. The van der Waals surface area contributed by atoms with Crippen molar-refractivity contribution in [3.63, 3.8) is 0 Å². The Balaban J connectivity index is 1.44. The van der Waals surface area contributed by atoms with Crippen molar-refractivity contribution in [1.29, 1.82) is 0 Å². The molecule has 6 rings (SSSR count). The molecule has 16 heteroatoms. The van der Waals surface area contributed by atoms with E-state index in [9.17, 15) is 27.9 Å². The van der Waals surface area contributed by atoms with E-state index >= 15 is 0 Å². The monoisotopic (exact) mass is 942 g/mol. The van der Waals surface area contributed by atoms with Gasteiger partial charge in [0.25, 0.3) is 21.8 Å². The highest BCUT2D eigenvalue weighted by molar-refractivity contribution is 9.11. The van der Waals surface area contributed by atoms with Crippen molar-refractivity contribution in [2.24, 2.45) is 0 Å². The van der Waals surface area contributed by atoms with Crippen LogP contribution >= 0.6 is 43.5 Å². The SMILES string of the molecule is CCCCN(CCCC)C(=O)c1nn(-c2ccc(C(=O)NS(=O)(=O)c3cc(Br)c4c(c3)c(Br)cn4CC)cc2C(=O)c2cccc3c2CC(CO)NC3)c(C)c1Cl. The summed E-state index contributed by atoms with van der Waals surface area (Å²) in [7, 11) is -4.40. The topological polar surface area (TPSA) is 156 Å². The van der Waals surface area contributed by atoms with Crippen molar-refractivity contribution in [2.45, 2.75) is 83.8 Å². The Hall–Kier alpha value is -3.86. The lowest BCUT2D eigenvalue weighted by Crippen LogP contribution is -2.39. The molecule has 3 N–H and O–H groups in total. The normalized spacial score (nSPS) is 14.1. The molecule has 1 unspecified atom stereocenters. The summed E-state index contributed by atoms with van der Waals surface area (Å²) in [5, 5.41) is 18.7. The third-order valence-corrected chi connectivity index (χ3v) is 13.3. The molecule has 0 saturated carbocycles. The summed E-state index contributed by atoms with van der Waals surface area (Å²) in [5.74, 6) is -1.73. The van der Waals surface area contributed by atoms with Gasteiger partial charge in [-0.2, -0.15) is 5.10 Å². The molecule has 0 saturated heterocycles. The van der Waals surface area contributed by atoms with Crippen molar-refractivity contribution in [1.82, 2.24) is 29.3 Å². The Morgan fingerprint density at radius 2 is 1.74 bits per heavy atom. The van der Waals surface area contributed by atoms with Crippen LogP contribution in [-0.4, -0.2) is 76.1 Å². The van der Waals surface area contributed by atoms with E-state index in [1.807, 2.05) is 23.8 Å². The first-order chi connectivity index (χ1) is 27.2. The molecular weight excluding hydrogens is 900 g/mol. The van der Waals surface area contributed by atoms with Gasteiger partial charge in [0.1, 0.15) is 0 Å². The number of carbonyl (C=O) groups is 3. The second-order valence-electron chi connectivity index (χ2n) is 14.1. The first kappa shape index (κ1) is 42.7. The maximum atomic E-state index is 14.8. The zero-order valence-corrected chi connectivity index (χ0v) is 36.9. The second kappa shape index (κ2) is 18.0. The van der Waals surface area contributed by atoms with Crippen LogP contribution in [0.4, 0.5) is 0 Å². The van der Waals surface area contributed by atoms with E-state index in [1.54, 1.807) is 24.0 Å². The van der Waals surface area contributed by atoms with E-state index < -0.39 is 21.7 Å². The van der Waals surface area contributed by atoms with E-state index in [0.29, 0.717) is 58.2 Å². The van der Waals surface area contributed by atoms with E-state index in [4.69, 9.17) is 11.6 Å². The number of aliphatic hydroxyl groups is 1. The highest BCUT2D eigenvalue weighted by atomic mass is 79.9. The van der Waals surface area contributed by atoms with Gasteiger partial charge in [0, 0.05) is 69.4 Å². The Bertz CT molecular complexity index is 2470. The van der Waals surface area contributed by atoms with Gasteiger partial charge in [-0.05, 0) is 106 Å². The minimum Gasteiger partial charge on any atom is -0.395 e. The van der Waals surface area contributed by atoms with Crippen LogP contribution < -0.4 is 10.0 Å². The maximum absolute atomic E-state index is 14.8. The molecule has 1 aliphatic heterocycles. The van der Waals surface area contributed by atoms with Gasteiger partial charge in [0.15, 0.2) is 11.5 Å². The van der Waals surface area contributed by atoms with Crippen LogP contribution in [0.3, 0.4) is 0 Å². The molecule has 1 atom stereocenters. The fourth-order valence-corrected chi connectivity index (χ4v) is 9.74. The van der Waals surface area contributed by atoms with Crippen molar-refractivity contribution in [3.05, 3.63) is 108 Å². The van der Waals surface area contributed by atoms with Gasteiger partial charge in [-0.3, -0.25) is 14.4 Å². The number of halogens is 3. The van der Waals surface area contributed by atoms with Crippen LogP contribution in [-0.2, 0) is 29.5 Å². The number of aromatic nitrogens is 3. The fourth-order valence-electron chi connectivity index (χ4n) is 7.13. The van der Waals surface area contributed by atoms with Gasteiger partial charge in [0.05, 0.1) is 33.4 Å². The van der Waals surface area contributed by atoms with Crippen LogP contribution in [0.2, 0.25) is 5.02 Å². The Morgan fingerprint density at radius 3 is 2.40 bits per heavy atom. The predicted molar refractivity (Wildman–Crippen MR) is 228 cm³/mol. The van der Waals surface area contributed by atoms with Gasteiger partial charge in [0.2, 0.25) is 0 Å². The molecule has 0 spiro atoms. The van der Waals surface area contributed by atoms with Gasteiger partial charge in [-0.1, -0.05) is 56.5 Å². The van der Waals surface area contributed by atoms with Crippen molar-refractivity contribution in [2.75, 3.05) is 19.7 Å². The Labute approximate surface area is 354 Å². The Morgan fingerprint density at radius 1 is 1.02 bits per heavy atom. The van der Waals surface area contributed by atoms with Gasteiger partial charge < -0.3 is 19.9 Å². The molecule has 0 fully saturated rings. The number of ketones is 1. The first-order valence-electron chi connectivity index (χ1n) is 19.0. The number of aryl methyl sites for hydroxylation is 1. The van der Waals surface area contributed by atoms with Gasteiger partial charge in [-0.25, -0.2) is 17.8 Å². The number of aliphatic hydroxyl groups excluding tert-OH is 1. The zero-order valence-electron chi connectivity index (χ0n) is 32.2. The fraction of sp³-hybridized carbons (Fsp3) is 0.366. The summed E-state index contributed by atoms with van der Waals surface area (Å²) < 4.78 is 34.3. The molecule has 2 amide bonds. The summed E-state index contributed by atoms with van der Waals surface area (Å²) >= 11 is 13.9. The summed E-state index contributed by atoms with van der Waals surface area (Å²) in [6, 6.07) is 12.3. The molecule has 1 aliphatic rings. The van der Waals surface area contributed by atoms with Crippen LogP contribution in [0.25, 0.3) is 16.6 Å². The van der Waals surface area contributed by atoms with E-state index in [1.165, 1.54) is 35.0 Å². The van der Waals surface area contributed by atoms with Crippen LogP contribution in [0, 0.1) is 6.92 Å². The first-order valence-corrected chi connectivity index (χ1v) is 22.4. The predicted octanol–water partition coefficient (Wildman–Crippen LogP) is 7.73. The number of amides is 2. The molecule has 5 aromatic rings. The Kier molecular flexibility index (Phi) is 13.5. The number of unbranched alkanes of at least 4 members (excludes halogenated alkanes) is 2. The average molecular weight is 945 g/mol. The largest absolute Gasteiger partial charge is 0.395 e. The third kappa shape index (κ3) is 8.64. The third-order valence-electron chi connectivity index (χ3n) is 10.3. The lowest BCUT2D eigenvalue weighted by molar-refractivity contribution is 0.0744. The van der Waals surface area contributed by atoms with Crippen LogP contribution in [0.5, 0.6) is 0 Å². The molecule has 302 valence electrons. The molecule has 3 heterocycles. The average Bonchev–Trinajstić information content (AvgIpc) is 3.70. The highest BCUT2D eigenvalue weighted by Crippen LogP contribution is 2.35. The number of hydrogen-bond acceptors (Lipinski definition) is 8. The molecule has 2 aromatic heterocycles. The summed E-state index contributed by atoms with van der Waals surface area (Å²) in [6.07, 6.45) is 5.68. The van der Waals surface area contributed by atoms with Crippen LogP contribution in [0.1, 0.15) is 100 Å².